The van der Waals surface area contributed by atoms with E-state index in [1.165, 1.54) is 12.1 Å². The van der Waals surface area contributed by atoms with E-state index in [4.69, 9.17) is 4.74 Å². The minimum atomic E-state index is -0.551. The lowest BCUT2D eigenvalue weighted by Gasteiger charge is -2.07. The fourth-order valence-corrected chi connectivity index (χ4v) is 1.77. The third-order valence-electron chi connectivity index (χ3n) is 2.88. The van der Waals surface area contributed by atoms with Gasteiger partial charge in [-0.25, -0.2) is 9.78 Å². The third kappa shape index (κ3) is 3.35. The zero-order valence-corrected chi connectivity index (χ0v) is 12.1. The first-order valence-corrected chi connectivity index (χ1v) is 6.50. The molecule has 22 heavy (non-hydrogen) atoms. The lowest BCUT2D eigenvalue weighted by Crippen LogP contribution is -2.09. The molecule has 8 nitrogen and oxygen atoms in total. The summed E-state index contributed by atoms with van der Waals surface area (Å²) in [6.07, 6.45) is 4.28. The zero-order valence-electron chi connectivity index (χ0n) is 12.1. The van der Waals surface area contributed by atoms with Gasteiger partial charge >= 0.3 is 5.97 Å². The molecule has 0 unspecified atom stereocenters. The van der Waals surface area contributed by atoms with Crippen LogP contribution in [0.5, 0.6) is 0 Å². The summed E-state index contributed by atoms with van der Waals surface area (Å²) < 4.78 is 6.60. The molecule has 0 fully saturated rings. The van der Waals surface area contributed by atoms with E-state index >= 15 is 0 Å². The third-order valence-corrected chi connectivity index (χ3v) is 2.88. The van der Waals surface area contributed by atoms with Crippen LogP contribution in [0.25, 0.3) is 11.6 Å². The van der Waals surface area contributed by atoms with Crippen molar-refractivity contribution in [1.82, 2.24) is 14.8 Å². The number of aromatic nitrogens is 3. The molecule has 0 bridgehead atoms. The maximum absolute atomic E-state index is 12.1. The number of nitro groups is 1. The van der Waals surface area contributed by atoms with Gasteiger partial charge in [0.25, 0.3) is 5.69 Å². The number of carbonyl (C=O) groups excluding carboxylic acids is 1. The first-order chi connectivity index (χ1) is 10.5. The number of hydrogen-bond donors (Lipinski definition) is 0. The SMILES string of the molecule is CCOC(=O)C(=Cc1ccnn1C)c1ccc([N+](=O)[O-])cn1. The van der Waals surface area contributed by atoms with Crippen LogP contribution >= 0.6 is 0 Å². The van der Waals surface area contributed by atoms with Gasteiger partial charge in [-0.15, -0.1) is 0 Å². The van der Waals surface area contributed by atoms with Gasteiger partial charge in [0, 0.05) is 19.3 Å². The van der Waals surface area contributed by atoms with Gasteiger partial charge in [0.15, 0.2) is 0 Å². The molecule has 0 aliphatic rings. The molecule has 0 amide bonds. The molecule has 0 radical (unpaired) electrons. The van der Waals surface area contributed by atoms with E-state index < -0.39 is 10.9 Å². The minimum absolute atomic E-state index is 0.146. The van der Waals surface area contributed by atoms with Gasteiger partial charge in [0.2, 0.25) is 0 Å². The number of aryl methyl sites for hydroxylation is 1. The predicted octanol–water partition coefficient (Wildman–Crippen LogP) is 1.83. The molecule has 2 heterocycles. The molecule has 0 aliphatic heterocycles. The molecule has 0 atom stereocenters. The highest BCUT2D eigenvalue weighted by molar-refractivity contribution is 6.20. The van der Waals surface area contributed by atoms with E-state index in [1.54, 1.807) is 37.0 Å². The maximum atomic E-state index is 12.1. The highest BCUT2D eigenvalue weighted by Gasteiger charge is 2.17. The van der Waals surface area contributed by atoms with Crippen molar-refractivity contribution in [1.29, 1.82) is 0 Å². The van der Waals surface area contributed by atoms with Crippen LogP contribution in [-0.2, 0) is 16.6 Å². The Balaban J connectivity index is 2.44. The largest absolute Gasteiger partial charge is 0.462 e. The normalized spacial score (nSPS) is 11.3. The molecule has 114 valence electrons. The molecular weight excluding hydrogens is 288 g/mol. The molecule has 0 N–H and O–H groups in total. The van der Waals surface area contributed by atoms with Gasteiger partial charge in [-0.2, -0.15) is 5.10 Å². The van der Waals surface area contributed by atoms with Crippen molar-refractivity contribution in [3.05, 3.63) is 52.1 Å². The average Bonchev–Trinajstić information content (AvgIpc) is 2.90. The summed E-state index contributed by atoms with van der Waals surface area (Å²) in [6.45, 7) is 1.91. The van der Waals surface area contributed by atoms with E-state index in [-0.39, 0.29) is 17.9 Å². The summed E-state index contributed by atoms with van der Waals surface area (Å²) in [5, 5.41) is 14.7. The Morgan fingerprint density at radius 2 is 2.23 bits per heavy atom. The number of ether oxygens (including phenoxy) is 1. The number of hydrogen-bond acceptors (Lipinski definition) is 6. The van der Waals surface area contributed by atoms with Crippen LogP contribution in [0, 0.1) is 10.1 Å². The Morgan fingerprint density at radius 3 is 2.73 bits per heavy atom. The number of pyridine rings is 1. The standard InChI is InChI=1S/C14H14N4O4/c1-3-22-14(19)12(8-10-6-7-16-17(10)2)13-5-4-11(9-15-13)18(20)21/h4-9H,3H2,1-2H3. The van der Waals surface area contributed by atoms with Gasteiger partial charge in [-0.1, -0.05) is 0 Å². The fourth-order valence-electron chi connectivity index (χ4n) is 1.77. The fraction of sp³-hybridized carbons (Fsp3) is 0.214. The van der Waals surface area contributed by atoms with E-state index in [9.17, 15) is 14.9 Å². The zero-order chi connectivity index (χ0) is 16.1. The lowest BCUT2D eigenvalue weighted by atomic mass is 10.1. The van der Waals surface area contributed by atoms with Crippen molar-refractivity contribution in [2.45, 2.75) is 6.92 Å². The van der Waals surface area contributed by atoms with Crippen LogP contribution in [0.1, 0.15) is 18.3 Å². The van der Waals surface area contributed by atoms with Crippen molar-refractivity contribution in [3.8, 4) is 0 Å². The monoisotopic (exact) mass is 302 g/mol. The second-order valence-electron chi connectivity index (χ2n) is 4.32. The summed E-state index contributed by atoms with van der Waals surface area (Å²) in [5.41, 5.74) is 1.04. The second-order valence-corrected chi connectivity index (χ2v) is 4.32. The molecule has 2 rings (SSSR count). The van der Waals surface area contributed by atoms with Gasteiger partial charge in [-0.3, -0.25) is 14.8 Å². The molecule has 0 saturated carbocycles. The first-order valence-electron chi connectivity index (χ1n) is 6.50. The molecule has 2 aromatic rings. The van der Waals surface area contributed by atoms with E-state index in [0.29, 0.717) is 11.4 Å². The van der Waals surface area contributed by atoms with Crippen LogP contribution in [0.4, 0.5) is 5.69 Å². The summed E-state index contributed by atoms with van der Waals surface area (Å²) >= 11 is 0. The lowest BCUT2D eigenvalue weighted by molar-refractivity contribution is -0.385. The van der Waals surface area contributed by atoms with Gasteiger partial charge in [0.05, 0.1) is 28.5 Å². The quantitative estimate of drug-likeness (QED) is 0.361. The van der Waals surface area contributed by atoms with Crippen LogP contribution in [0.3, 0.4) is 0 Å². The Kier molecular flexibility index (Phi) is 4.62. The Bertz CT molecular complexity index is 719. The molecular formula is C14H14N4O4. The molecule has 2 aromatic heterocycles. The van der Waals surface area contributed by atoms with Crippen LogP contribution in [0.2, 0.25) is 0 Å². The maximum Gasteiger partial charge on any atom is 0.340 e. The van der Waals surface area contributed by atoms with Crippen LogP contribution < -0.4 is 0 Å². The first kappa shape index (κ1) is 15.4. The minimum Gasteiger partial charge on any atom is -0.462 e. The summed E-state index contributed by atoms with van der Waals surface area (Å²) in [5.74, 6) is -0.551. The van der Waals surface area contributed by atoms with Crippen molar-refractivity contribution >= 4 is 23.3 Å². The average molecular weight is 302 g/mol. The summed E-state index contributed by atoms with van der Waals surface area (Å²) in [6, 6.07) is 4.43. The highest BCUT2D eigenvalue weighted by atomic mass is 16.6. The topological polar surface area (TPSA) is 100 Å². The number of nitrogens with zero attached hydrogens (tertiary/aromatic N) is 4. The van der Waals surface area contributed by atoms with Gasteiger partial charge < -0.3 is 4.74 Å². The Morgan fingerprint density at radius 1 is 1.45 bits per heavy atom. The number of esters is 1. The van der Waals surface area contributed by atoms with Crippen molar-refractivity contribution in [3.63, 3.8) is 0 Å². The number of rotatable bonds is 5. The molecule has 8 heteroatoms. The second kappa shape index (κ2) is 6.61. The molecule has 0 saturated heterocycles. The molecule has 0 spiro atoms. The van der Waals surface area contributed by atoms with Crippen molar-refractivity contribution in [2.75, 3.05) is 6.61 Å². The van der Waals surface area contributed by atoms with Crippen molar-refractivity contribution < 1.29 is 14.5 Å². The van der Waals surface area contributed by atoms with Crippen molar-refractivity contribution in [2.24, 2.45) is 7.05 Å². The Hall–Kier alpha value is -3.03. The molecule has 0 aliphatic carbocycles. The number of carbonyl (C=O) groups is 1. The van der Waals surface area contributed by atoms with Gasteiger partial charge in [-0.05, 0) is 25.1 Å². The van der Waals surface area contributed by atoms with E-state index in [1.807, 2.05) is 0 Å². The Labute approximate surface area is 126 Å². The smallest absolute Gasteiger partial charge is 0.340 e. The molecule has 0 aromatic carbocycles. The van der Waals surface area contributed by atoms with E-state index in [0.717, 1.165) is 6.20 Å². The van der Waals surface area contributed by atoms with Gasteiger partial charge in [0.1, 0.15) is 6.20 Å². The van der Waals surface area contributed by atoms with Crippen LogP contribution in [-0.4, -0.2) is 32.3 Å². The van der Waals surface area contributed by atoms with E-state index in [2.05, 4.69) is 10.1 Å². The summed E-state index contributed by atoms with van der Waals surface area (Å²) in [7, 11) is 1.73. The summed E-state index contributed by atoms with van der Waals surface area (Å²) in [4.78, 5) is 26.2. The highest BCUT2D eigenvalue weighted by Crippen LogP contribution is 2.20. The predicted molar refractivity (Wildman–Crippen MR) is 78.6 cm³/mol. The van der Waals surface area contributed by atoms with Crippen LogP contribution in [0.15, 0.2) is 30.6 Å².